The fourth-order valence-corrected chi connectivity index (χ4v) is 3.28. The molecule has 4 atom stereocenters. The molecular weight excluding hydrogens is 186 g/mol. The summed E-state index contributed by atoms with van der Waals surface area (Å²) in [7, 11) is 0. The van der Waals surface area contributed by atoms with Crippen molar-refractivity contribution in [2.45, 2.75) is 45.6 Å². The Kier molecular flexibility index (Phi) is 3.68. The van der Waals surface area contributed by atoms with Gasteiger partial charge in [-0.25, -0.2) is 0 Å². The van der Waals surface area contributed by atoms with Crippen molar-refractivity contribution in [3.8, 4) is 0 Å². The van der Waals surface area contributed by atoms with Crippen LogP contribution in [0.2, 0.25) is 0 Å². The van der Waals surface area contributed by atoms with Gasteiger partial charge in [-0.3, -0.25) is 0 Å². The molecule has 0 spiro atoms. The molecule has 0 aromatic carbocycles. The third kappa shape index (κ3) is 2.73. The van der Waals surface area contributed by atoms with Crippen LogP contribution in [0.5, 0.6) is 0 Å². The molecule has 0 heterocycles. The highest BCUT2D eigenvalue weighted by Gasteiger charge is 2.38. The summed E-state index contributed by atoms with van der Waals surface area (Å²) in [6.45, 7) is 6.05. The molecule has 0 aromatic heterocycles. The molecule has 0 aliphatic heterocycles. The van der Waals surface area contributed by atoms with Gasteiger partial charge in [-0.2, -0.15) is 0 Å². The summed E-state index contributed by atoms with van der Waals surface area (Å²) in [5.74, 6) is 3.32. The van der Waals surface area contributed by atoms with Crippen LogP contribution in [-0.4, -0.2) is 24.3 Å². The lowest BCUT2D eigenvalue weighted by Gasteiger charge is -2.23. The normalized spacial score (nSPS) is 36.4. The second-order valence-corrected chi connectivity index (χ2v) is 5.90. The minimum atomic E-state index is -0.177. The third-order valence-electron chi connectivity index (χ3n) is 4.41. The number of hydrogen-bond acceptors (Lipinski definition) is 2. The molecule has 0 amide bonds. The topological polar surface area (TPSA) is 32.3 Å². The van der Waals surface area contributed by atoms with Crippen molar-refractivity contribution < 1.29 is 5.11 Å². The molecule has 4 unspecified atom stereocenters. The van der Waals surface area contributed by atoms with Crippen LogP contribution in [-0.2, 0) is 0 Å². The molecule has 0 saturated heterocycles. The molecule has 15 heavy (non-hydrogen) atoms. The van der Waals surface area contributed by atoms with Gasteiger partial charge in [0.15, 0.2) is 0 Å². The molecular formula is C13H25NO. The van der Waals surface area contributed by atoms with Gasteiger partial charge in [0.1, 0.15) is 0 Å². The van der Waals surface area contributed by atoms with Gasteiger partial charge < -0.3 is 10.4 Å². The lowest BCUT2D eigenvalue weighted by molar-refractivity contribution is 0.121. The first-order chi connectivity index (χ1) is 7.16. The largest absolute Gasteiger partial charge is 0.392 e. The molecule has 2 fully saturated rings. The average molecular weight is 211 g/mol. The zero-order valence-electron chi connectivity index (χ0n) is 10.1. The SMILES string of the molecule is CC(C)C(O)CNCC1CC2CCC1C2. The van der Waals surface area contributed by atoms with E-state index in [1.54, 1.807) is 0 Å². The molecule has 0 aromatic rings. The first-order valence-corrected chi connectivity index (χ1v) is 6.55. The fourth-order valence-electron chi connectivity index (χ4n) is 3.28. The highest BCUT2D eigenvalue weighted by Crippen LogP contribution is 2.47. The van der Waals surface area contributed by atoms with Gasteiger partial charge in [0, 0.05) is 6.54 Å². The molecule has 2 rings (SSSR count). The van der Waals surface area contributed by atoms with Gasteiger partial charge in [0.05, 0.1) is 6.10 Å². The van der Waals surface area contributed by atoms with Crippen molar-refractivity contribution in [3.63, 3.8) is 0 Å². The summed E-state index contributed by atoms with van der Waals surface area (Å²) < 4.78 is 0. The van der Waals surface area contributed by atoms with Gasteiger partial charge in [0.2, 0.25) is 0 Å². The van der Waals surface area contributed by atoms with Crippen LogP contribution in [0.4, 0.5) is 0 Å². The van der Waals surface area contributed by atoms with E-state index in [9.17, 15) is 5.11 Å². The Labute approximate surface area is 93.5 Å². The molecule has 2 heteroatoms. The van der Waals surface area contributed by atoms with Gasteiger partial charge in [-0.1, -0.05) is 20.3 Å². The summed E-state index contributed by atoms with van der Waals surface area (Å²) in [5, 5.41) is 13.1. The van der Waals surface area contributed by atoms with Gasteiger partial charge in [-0.15, -0.1) is 0 Å². The van der Waals surface area contributed by atoms with E-state index in [2.05, 4.69) is 19.2 Å². The maximum Gasteiger partial charge on any atom is 0.0687 e. The quantitative estimate of drug-likeness (QED) is 0.729. The number of aliphatic hydroxyl groups excluding tert-OH is 1. The van der Waals surface area contributed by atoms with Crippen molar-refractivity contribution in [2.75, 3.05) is 13.1 Å². The lowest BCUT2D eigenvalue weighted by Crippen LogP contribution is -2.34. The maximum atomic E-state index is 9.67. The van der Waals surface area contributed by atoms with Gasteiger partial charge in [-0.05, 0) is 49.5 Å². The summed E-state index contributed by atoms with van der Waals surface area (Å²) >= 11 is 0. The lowest BCUT2D eigenvalue weighted by atomic mass is 9.89. The Morgan fingerprint density at radius 1 is 1.27 bits per heavy atom. The van der Waals surface area contributed by atoms with Gasteiger partial charge in [0.25, 0.3) is 0 Å². The van der Waals surface area contributed by atoms with Crippen molar-refractivity contribution in [3.05, 3.63) is 0 Å². The predicted molar refractivity (Wildman–Crippen MR) is 62.7 cm³/mol. The third-order valence-corrected chi connectivity index (χ3v) is 4.41. The van der Waals surface area contributed by atoms with Crippen LogP contribution in [0.3, 0.4) is 0 Å². The minimum Gasteiger partial charge on any atom is -0.392 e. The molecule has 2 bridgehead atoms. The number of fused-ring (bicyclic) bond motifs is 2. The summed E-state index contributed by atoms with van der Waals surface area (Å²) in [6, 6.07) is 0. The molecule has 2 aliphatic carbocycles. The number of hydrogen-bond donors (Lipinski definition) is 2. The first-order valence-electron chi connectivity index (χ1n) is 6.55. The Hall–Kier alpha value is -0.0800. The highest BCUT2D eigenvalue weighted by atomic mass is 16.3. The number of rotatable bonds is 5. The molecule has 2 aliphatic rings. The molecule has 2 nitrogen and oxygen atoms in total. The van der Waals surface area contributed by atoms with E-state index in [1.165, 1.54) is 25.7 Å². The average Bonchev–Trinajstić information content (AvgIpc) is 2.78. The van der Waals surface area contributed by atoms with Gasteiger partial charge >= 0.3 is 0 Å². The van der Waals surface area contributed by atoms with Crippen LogP contribution in [0, 0.1) is 23.7 Å². The Morgan fingerprint density at radius 2 is 2.07 bits per heavy atom. The van der Waals surface area contributed by atoms with Crippen molar-refractivity contribution in [1.29, 1.82) is 0 Å². The van der Waals surface area contributed by atoms with Crippen LogP contribution in [0.25, 0.3) is 0 Å². The maximum absolute atomic E-state index is 9.67. The van der Waals surface area contributed by atoms with E-state index in [4.69, 9.17) is 0 Å². The summed E-state index contributed by atoms with van der Waals surface area (Å²) in [4.78, 5) is 0. The standard InChI is InChI=1S/C13H25NO/c1-9(2)13(15)8-14-7-12-6-10-3-4-11(12)5-10/h9-15H,3-8H2,1-2H3. The highest BCUT2D eigenvalue weighted by molar-refractivity contribution is 4.90. The van der Waals surface area contributed by atoms with Crippen LogP contribution >= 0.6 is 0 Å². The van der Waals surface area contributed by atoms with Crippen LogP contribution < -0.4 is 5.32 Å². The molecule has 2 N–H and O–H groups in total. The van der Waals surface area contributed by atoms with E-state index in [0.29, 0.717) is 5.92 Å². The summed E-state index contributed by atoms with van der Waals surface area (Å²) in [6.07, 6.45) is 5.69. The van der Waals surface area contributed by atoms with Crippen LogP contribution in [0.15, 0.2) is 0 Å². The van der Waals surface area contributed by atoms with E-state index >= 15 is 0 Å². The van der Waals surface area contributed by atoms with E-state index in [-0.39, 0.29) is 6.10 Å². The fraction of sp³-hybridized carbons (Fsp3) is 1.00. The van der Waals surface area contributed by atoms with E-state index in [0.717, 1.165) is 30.8 Å². The zero-order chi connectivity index (χ0) is 10.8. The first kappa shape index (κ1) is 11.4. The van der Waals surface area contributed by atoms with Crippen molar-refractivity contribution in [1.82, 2.24) is 5.32 Å². The smallest absolute Gasteiger partial charge is 0.0687 e. The zero-order valence-corrected chi connectivity index (χ0v) is 10.1. The molecule has 0 radical (unpaired) electrons. The van der Waals surface area contributed by atoms with Crippen LogP contribution in [0.1, 0.15) is 39.5 Å². The second kappa shape index (κ2) is 4.84. The summed E-state index contributed by atoms with van der Waals surface area (Å²) in [5.41, 5.74) is 0. The second-order valence-electron chi connectivity index (χ2n) is 5.90. The van der Waals surface area contributed by atoms with Crippen molar-refractivity contribution >= 4 is 0 Å². The Morgan fingerprint density at radius 3 is 2.60 bits per heavy atom. The number of aliphatic hydroxyl groups is 1. The van der Waals surface area contributed by atoms with E-state index in [1.807, 2.05) is 0 Å². The van der Waals surface area contributed by atoms with E-state index < -0.39 is 0 Å². The Balaban J connectivity index is 1.62. The minimum absolute atomic E-state index is 0.177. The van der Waals surface area contributed by atoms with Crippen molar-refractivity contribution in [2.24, 2.45) is 23.7 Å². The number of nitrogens with one attached hydrogen (secondary N) is 1. The monoisotopic (exact) mass is 211 g/mol. The molecule has 2 saturated carbocycles. The Bertz CT molecular complexity index is 205. The molecule has 88 valence electrons. The predicted octanol–water partition coefficient (Wildman–Crippen LogP) is 2.03.